The van der Waals surface area contributed by atoms with E-state index in [4.69, 9.17) is 14.2 Å². The van der Waals surface area contributed by atoms with Crippen molar-refractivity contribution in [2.45, 2.75) is 52.4 Å². The fourth-order valence-electron chi connectivity index (χ4n) is 5.57. The maximum absolute atomic E-state index is 12.5. The summed E-state index contributed by atoms with van der Waals surface area (Å²) < 4.78 is 18.5. The van der Waals surface area contributed by atoms with Crippen LogP contribution in [0.5, 0.6) is 11.6 Å². The molecule has 1 saturated heterocycles. The highest BCUT2D eigenvalue weighted by atomic mass is 32.1. The first-order valence-corrected chi connectivity index (χ1v) is 17.0. The molecule has 1 aliphatic rings. The van der Waals surface area contributed by atoms with Crippen molar-refractivity contribution in [3.05, 3.63) is 60.0 Å². The van der Waals surface area contributed by atoms with E-state index in [0.29, 0.717) is 25.6 Å². The molecular formula is C35H46N4O4S. The molecule has 1 amide bonds. The minimum Gasteiger partial charge on any atom is -0.494 e. The molecule has 8 nitrogen and oxygen atoms in total. The zero-order chi connectivity index (χ0) is 30.6. The predicted molar refractivity (Wildman–Crippen MR) is 180 cm³/mol. The van der Waals surface area contributed by atoms with Crippen LogP contribution in [-0.2, 0) is 4.74 Å². The Hall–Kier alpha value is -3.56. The second kappa shape index (κ2) is 16.5. The third kappa shape index (κ3) is 8.76. The topological polar surface area (TPSA) is 67.4 Å². The van der Waals surface area contributed by atoms with Gasteiger partial charge in [-0.3, -0.25) is 4.90 Å². The van der Waals surface area contributed by atoms with Gasteiger partial charge in [0.05, 0.1) is 12.1 Å². The number of thiophene rings is 1. The average Bonchev–Trinajstić information content (AvgIpc) is 3.54. The number of rotatable bonds is 16. The first kappa shape index (κ1) is 31.9. The van der Waals surface area contributed by atoms with Crippen molar-refractivity contribution in [3.8, 4) is 11.6 Å². The summed E-state index contributed by atoms with van der Waals surface area (Å²) in [6, 6.07) is 18.6. The van der Waals surface area contributed by atoms with Crippen LogP contribution in [0.1, 0.15) is 52.4 Å². The molecule has 1 fully saturated rings. The molecule has 0 saturated carbocycles. The van der Waals surface area contributed by atoms with Crippen molar-refractivity contribution in [3.63, 3.8) is 0 Å². The van der Waals surface area contributed by atoms with Gasteiger partial charge in [0, 0.05) is 72.6 Å². The van der Waals surface area contributed by atoms with Crippen LogP contribution in [-0.4, -0.2) is 80.1 Å². The van der Waals surface area contributed by atoms with Crippen LogP contribution < -0.4 is 14.4 Å². The number of amides is 1. The quantitative estimate of drug-likeness (QED) is 0.0937. The monoisotopic (exact) mass is 618 g/mol. The molecule has 44 heavy (non-hydrogen) atoms. The van der Waals surface area contributed by atoms with Gasteiger partial charge in [0.1, 0.15) is 5.75 Å². The number of fused-ring (bicyclic) bond motifs is 2. The van der Waals surface area contributed by atoms with Crippen molar-refractivity contribution >= 4 is 44.1 Å². The molecule has 0 radical (unpaired) electrons. The Labute approximate surface area is 265 Å². The van der Waals surface area contributed by atoms with Gasteiger partial charge in [0.15, 0.2) is 0 Å². The van der Waals surface area contributed by atoms with Crippen molar-refractivity contribution in [1.29, 1.82) is 0 Å². The molecule has 9 heteroatoms. The summed E-state index contributed by atoms with van der Waals surface area (Å²) in [5.74, 6) is 1.22. The van der Waals surface area contributed by atoms with E-state index in [0.717, 1.165) is 87.9 Å². The third-order valence-electron chi connectivity index (χ3n) is 8.17. The maximum atomic E-state index is 12.5. The highest BCUT2D eigenvalue weighted by molar-refractivity contribution is 7.17. The van der Waals surface area contributed by atoms with Crippen LogP contribution in [0, 0.1) is 0 Å². The number of aromatic nitrogens is 1. The van der Waals surface area contributed by atoms with E-state index in [9.17, 15) is 4.79 Å². The lowest BCUT2D eigenvalue weighted by molar-refractivity contribution is 0.0325. The zero-order valence-corrected chi connectivity index (χ0v) is 27.0. The van der Waals surface area contributed by atoms with Crippen molar-refractivity contribution < 1.29 is 19.0 Å². The Kier molecular flexibility index (Phi) is 11.9. The summed E-state index contributed by atoms with van der Waals surface area (Å²) in [7, 11) is 0. The van der Waals surface area contributed by atoms with Gasteiger partial charge in [-0.05, 0) is 74.0 Å². The second-order valence-corrected chi connectivity index (χ2v) is 12.3. The molecule has 0 spiro atoms. The van der Waals surface area contributed by atoms with Gasteiger partial charge in [-0.2, -0.15) is 0 Å². The number of ether oxygens (including phenoxy) is 3. The molecule has 3 heterocycles. The van der Waals surface area contributed by atoms with E-state index in [-0.39, 0.29) is 12.9 Å². The minimum absolute atomic E-state index is 0.165. The van der Waals surface area contributed by atoms with E-state index in [1.165, 1.54) is 15.8 Å². The van der Waals surface area contributed by atoms with Crippen molar-refractivity contribution in [1.82, 2.24) is 14.8 Å². The largest absolute Gasteiger partial charge is 0.494 e. The molecule has 0 aliphatic carbocycles. The lowest BCUT2D eigenvalue weighted by Gasteiger charge is -2.36. The van der Waals surface area contributed by atoms with Crippen LogP contribution in [0.4, 0.5) is 10.5 Å². The molecule has 1 aliphatic heterocycles. The van der Waals surface area contributed by atoms with Crippen LogP contribution >= 0.6 is 11.3 Å². The number of pyridine rings is 1. The molecule has 2 aromatic heterocycles. The Morgan fingerprint density at radius 3 is 2.50 bits per heavy atom. The molecule has 236 valence electrons. The van der Waals surface area contributed by atoms with Gasteiger partial charge in [0.25, 0.3) is 0 Å². The van der Waals surface area contributed by atoms with E-state index in [2.05, 4.69) is 58.3 Å². The number of nitrogens with zero attached hydrogens (tertiary/aromatic N) is 4. The summed E-state index contributed by atoms with van der Waals surface area (Å²) in [6.07, 6.45) is 5.76. The first-order valence-electron chi connectivity index (χ1n) is 16.2. The molecule has 0 atom stereocenters. The molecule has 0 bridgehead atoms. The molecule has 5 rings (SSSR count). The number of carbonyl (C=O) groups is 1. The summed E-state index contributed by atoms with van der Waals surface area (Å²) in [6.45, 7) is 11.6. The highest BCUT2D eigenvalue weighted by Crippen LogP contribution is 2.31. The first-order chi connectivity index (χ1) is 21.6. The van der Waals surface area contributed by atoms with Crippen LogP contribution in [0.15, 0.2) is 60.0 Å². The van der Waals surface area contributed by atoms with Gasteiger partial charge in [-0.25, -0.2) is 9.78 Å². The van der Waals surface area contributed by atoms with E-state index >= 15 is 0 Å². The smallest absolute Gasteiger partial charge is 0.412 e. The number of unbranched alkanes of at least 4 members (excludes halogenated alkanes) is 3. The lowest BCUT2D eigenvalue weighted by Crippen LogP contribution is -2.46. The Balaban J connectivity index is 1.01. The molecule has 0 N–H and O–H groups in total. The fraction of sp³-hybridized carbons (Fsp3) is 0.486. The Morgan fingerprint density at radius 1 is 0.909 bits per heavy atom. The molecule has 0 unspecified atom stereocenters. The number of anilines is 1. The maximum Gasteiger partial charge on any atom is 0.412 e. The number of hydrogen-bond acceptors (Lipinski definition) is 8. The molecule has 2 aromatic carbocycles. The normalized spacial score (nSPS) is 13.8. The summed E-state index contributed by atoms with van der Waals surface area (Å²) >= 11 is 1.81. The van der Waals surface area contributed by atoms with E-state index in [1.54, 1.807) is 11.0 Å². The van der Waals surface area contributed by atoms with Gasteiger partial charge in [0.2, 0.25) is 12.7 Å². The highest BCUT2D eigenvalue weighted by Gasteiger charge is 2.19. The SMILES string of the molecule is CCCCN(CCCC)C(=O)OCOc1ccc2ccc(OCCCCN3CCN(c4cccc5sccc45)CC3)cc2n1. The van der Waals surface area contributed by atoms with Gasteiger partial charge < -0.3 is 24.0 Å². The standard InChI is InChI=1S/C35H46N4O4S/c1-3-5-18-39(19-6-4-2)35(40)43-27-42-34-15-13-28-12-14-29(26-31(28)36-34)41-24-8-7-17-37-20-22-38(23-21-37)32-10-9-11-33-30(32)16-25-44-33/h9-16,25-26H,3-8,17-24,27H2,1-2H3. The lowest BCUT2D eigenvalue weighted by atomic mass is 10.2. The summed E-state index contributed by atoms with van der Waals surface area (Å²) in [5, 5.41) is 4.57. The van der Waals surface area contributed by atoms with Gasteiger partial charge >= 0.3 is 6.09 Å². The van der Waals surface area contributed by atoms with E-state index in [1.807, 2.05) is 35.6 Å². The summed E-state index contributed by atoms with van der Waals surface area (Å²) in [5.41, 5.74) is 2.16. The Bertz CT molecular complexity index is 1460. The van der Waals surface area contributed by atoms with Gasteiger partial charge in [-0.15, -0.1) is 11.3 Å². The van der Waals surface area contributed by atoms with Crippen molar-refractivity contribution in [2.24, 2.45) is 0 Å². The molecular weight excluding hydrogens is 572 g/mol. The van der Waals surface area contributed by atoms with E-state index < -0.39 is 0 Å². The Morgan fingerprint density at radius 2 is 1.70 bits per heavy atom. The second-order valence-electron chi connectivity index (χ2n) is 11.4. The molecule has 4 aromatic rings. The zero-order valence-electron chi connectivity index (χ0n) is 26.2. The average molecular weight is 619 g/mol. The van der Waals surface area contributed by atoms with Crippen LogP contribution in [0.25, 0.3) is 21.0 Å². The van der Waals surface area contributed by atoms with Crippen LogP contribution in [0.2, 0.25) is 0 Å². The van der Waals surface area contributed by atoms with Crippen LogP contribution in [0.3, 0.4) is 0 Å². The predicted octanol–water partition coefficient (Wildman–Crippen LogP) is 7.81. The third-order valence-corrected chi connectivity index (χ3v) is 9.05. The summed E-state index contributed by atoms with van der Waals surface area (Å²) in [4.78, 5) is 24.0. The number of benzene rings is 2. The number of piperazine rings is 1. The fourth-order valence-corrected chi connectivity index (χ4v) is 6.37. The number of hydrogen-bond donors (Lipinski definition) is 0. The van der Waals surface area contributed by atoms with Crippen molar-refractivity contribution in [2.75, 3.05) is 64.1 Å². The number of carbonyl (C=O) groups excluding carboxylic acids is 1. The van der Waals surface area contributed by atoms with Gasteiger partial charge in [-0.1, -0.05) is 32.8 Å². The minimum atomic E-state index is -0.336.